The maximum atomic E-state index is 12.0. The minimum absolute atomic E-state index is 0. The molecule has 0 radical (unpaired) electrons. The van der Waals surface area contributed by atoms with Gasteiger partial charge in [-0.15, -0.1) is 0 Å². The number of hydrogen-bond acceptors (Lipinski definition) is 1. The summed E-state index contributed by atoms with van der Waals surface area (Å²) in [7, 11) is 0. The van der Waals surface area contributed by atoms with Gasteiger partial charge in [0.1, 0.15) is 0 Å². The second-order valence-corrected chi connectivity index (χ2v) is 2.61. The van der Waals surface area contributed by atoms with E-state index in [0.29, 0.717) is 0 Å². The highest BCUT2D eigenvalue weighted by Crippen LogP contribution is 2.08. The minimum atomic E-state index is -2.58. The maximum Gasteiger partial charge on any atom is 0.257 e. The van der Waals surface area contributed by atoms with Crippen molar-refractivity contribution in [1.29, 1.82) is 0 Å². The molecule has 0 aliphatic rings. The number of alkyl halides is 2. The van der Waals surface area contributed by atoms with Gasteiger partial charge >= 0.3 is 0 Å². The lowest BCUT2D eigenvalue weighted by Gasteiger charge is -2.13. The van der Waals surface area contributed by atoms with Crippen LogP contribution in [0.5, 0.6) is 0 Å². The van der Waals surface area contributed by atoms with Crippen molar-refractivity contribution < 1.29 is 10.2 Å². The lowest BCUT2D eigenvalue weighted by Crippen LogP contribution is -2.34. The van der Waals surface area contributed by atoms with Crippen LogP contribution in [0.3, 0.4) is 0 Å². The number of nitrogens with one attached hydrogen (secondary N) is 1. The molecule has 0 bridgehead atoms. The summed E-state index contributed by atoms with van der Waals surface area (Å²) < 4.78 is 24.0. The standard InChI is InChI=1S/C6H13F2N.H2/c1-5(2)9-4-6(3,7)8;/h5,9H,4H2,1-3H3;1H. The summed E-state index contributed by atoms with van der Waals surface area (Å²) in [6.07, 6.45) is 0. The van der Waals surface area contributed by atoms with E-state index in [-0.39, 0.29) is 14.0 Å². The fourth-order valence-electron chi connectivity index (χ4n) is 0.383. The zero-order valence-corrected chi connectivity index (χ0v) is 6.04. The molecule has 0 aliphatic heterocycles. The smallest absolute Gasteiger partial charge is 0.257 e. The molecule has 1 N–H and O–H groups in total. The van der Waals surface area contributed by atoms with E-state index in [1.807, 2.05) is 13.8 Å². The number of halogens is 2. The van der Waals surface area contributed by atoms with Gasteiger partial charge in [0.05, 0.1) is 6.54 Å². The van der Waals surface area contributed by atoms with Crippen LogP contribution in [0, 0.1) is 0 Å². The molecule has 0 unspecified atom stereocenters. The highest BCUT2D eigenvalue weighted by molar-refractivity contribution is 4.63. The summed E-state index contributed by atoms with van der Waals surface area (Å²) in [5.74, 6) is -2.58. The molecule has 0 aromatic carbocycles. The monoisotopic (exact) mass is 139 g/mol. The van der Waals surface area contributed by atoms with Crippen molar-refractivity contribution in [2.75, 3.05) is 6.54 Å². The van der Waals surface area contributed by atoms with Crippen molar-refractivity contribution in [1.82, 2.24) is 5.32 Å². The molecular weight excluding hydrogens is 124 g/mol. The van der Waals surface area contributed by atoms with Gasteiger partial charge in [-0.3, -0.25) is 0 Å². The molecule has 0 heterocycles. The maximum absolute atomic E-state index is 12.0. The second kappa shape index (κ2) is 3.11. The Balaban J connectivity index is 0. The Hall–Kier alpha value is -0.180. The summed E-state index contributed by atoms with van der Waals surface area (Å²) >= 11 is 0. The topological polar surface area (TPSA) is 12.0 Å². The Kier molecular flexibility index (Phi) is 3.04. The zero-order chi connectivity index (χ0) is 7.49. The van der Waals surface area contributed by atoms with Crippen molar-refractivity contribution in [3.8, 4) is 0 Å². The average Bonchev–Trinajstić information content (AvgIpc) is 1.59. The molecule has 0 aromatic heterocycles. The minimum Gasteiger partial charge on any atom is -0.309 e. The van der Waals surface area contributed by atoms with Gasteiger partial charge in [0.25, 0.3) is 5.92 Å². The van der Waals surface area contributed by atoms with E-state index in [9.17, 15) is 8.78 Å². The number of hydrogen-bond donors (Lipinski definition) is 1. The first-order valence-corrected chi connectivity index (χ1v) is 3.03. The van der Waals surface area contributed by atoms with E-state index in [4.69, 9.17) is 0 Å². The Labute approximate surface area is 55.9 Å². The normalized spacial score (nSPS) is 12.7. The van der Waals surface area contributed by atoms with Crippen LogP contribution in [0.4, 0.5) is 8.78 Å². The lowest BCUT2D eigenvalue weighted by molar-refractivity contribution is 0.0209. The van der Waals surface area contributed by atoms with Crippen LogP contribution in [-0.4, -0.2) is 18.5 Å². The van der Waals surface area contributed by atoms with Gasteiger partial charge in [-0.1, -0.05) is 13.8 Å². The fraction of sp³-hybridized carbons (Fsp3) is 1.00. The Bertz CT molecular complexity index is 80.3. The van der Waals surface area contributed by atoms with Crippen LogP contribution < -0.4 is 5.32 Å². The van der Waals surface area contributed by atoms with Crippen LogP contribution >= 0.6 is 0 Å². The van der Waals surface area contributed by atoms with E-state index in [0.717, 1.165) is 6.92 Å². The van der Waals surface area contributed by atoms with E-state index >= 15 is 0 Å². The molecule has 1 nitrogen and oxygen atoms in total. The Morgan fingerprint density at radius 2 is 2.00 bits per heavy atom. The number of rotatable bonds is 3. The van der Waals surface area contributed by atoms with Crippen molar-refractivity contribution in [2.24, 2.45) is 0 Å². The van der Waals surface area contributed by atoms with Gasteiger partial charge in [-0.25, -0.2) is 8.78 Å². The van der Waals surface area contributed by atoms with Crippen molar-refractivity contribution >= 4 is 0 Å². The largest absolute Gasteiger partial charge is 0.309 e. The van der Waals surface area contributed by atoms with Crippen LogP contribution in [0.25, 0.3) is 0 Å². The molecule has 58 valence electrons. The van der Waals surface area contributed by atoms with E-state index < -0.39 is 5.92 Å². The van der Waals surface area contributed by atoms with Gasteiger partial charge in [-0.05, 0) is 0 Å². The van der Waals surface area contributed by atoms with Crippen LogP contribution in [-0.2, 0) is 0 Å². The van der Waals surface area contributed by atoms with Gasteiger partial charge in [0.2, 0.25) is 0 Å². The molecule has 0 rings (SSSR count). The highest BCUT2D eigenvalue weighted by Gasteiger charge is 2.19. The third kappa shape index (κ3) is 7.82. The molecule has 0 atom stereocenters. The molecule has 0 fully saturated rings. The molecule has 0 saturated carbocycles. The molecular formula is C6H15F2N. The summed E-state index contributed by atoms with van der Waals surface area (Å²) in [5, 5.41) is 2.64. The van der Waals surface area contributed by atoms with E-state index in [1.54, 1.807) is 0 Å². The Morgan fingerprint density at radius 3 is 2.11 bits per heavy atom. The van der Waals surface area contributed by atoms with Crippen molar-refractivity contribution in [3.63, 3.8) is 0 Å². The molecule has 0 aromatic rings. The summed E-state index contributed by atoms with van der Waals surface area (Å²) in [6.45, 7) is 4.35. The van der Waals surface area contributed by atoms with Crippen molar-refractivity contribution in [2.45, 2.75) is 32.7 Å². The first kappa shape index (κ1) is 8.82. The summed E-state index contributed by atoms with van der Waals surface area (Å²) in [4.78, 5) is 0. The lowest BCUT2D eigenvalue weighted by atomic mass is 10.3. The SMILES string of the molecule is CC(C)NCC(C)(F)F.[HH]. The van der Waals surface area contributed by atoms with Crippen LogP contribution in [0.1, 0.15) is 22.2 Å². The molecule has 3 heteroatoms. The quantitative estimate of drug-likeness (QED) is 0.629. The van der Waals surface area contributed by atoms with E-state index in [2.05, 4.69) is 5.32 Å². The molecule has 0 aliphatic carbocycles. The predicted octanol–water partition coefficient (Wildman–Crippen LogP) is 1.89. The Morgan fingerprint density at radius 1 is 1.56 bits per heavy atom. The first-order valence-electron chi connectivity index (χ1n) is 3.03. The van der Waals surface area contributed by atoms with Crippen LogP contribution in [0.15, 0.2) is 0 Å². The van der Waals surface area contributed by atoms with Crippen molar-refractivity contribution in [3.05, 3.63) is 0 Å². The van der Waals surface area contributed by atoms with Gasteiger partial charge in [0.15, 0.2) is 0 Å². The second-order valence-electron chi connectivity index (χ2n) is 2.61. The van der Waals surface area contributed by atoms with E-state index in [1.165, 1.54) is 0 Å². The molecule has 0 saturated heterocycles. The predicted molar refractivity (Wildman–Crippen MR) is 35.9 cm³/mol. The third-order valence-electron chi connectivity index (χ3n) is 0.821. The average molecular weight is 139 g/mol. The van der Waals surface area contributed by atoms with Gasteiger partial charge in [0, 0.05) is 14.4 Å². The molecule has 0 spiro atoms. The van der Waals surface area contributed by atoms with Gasteiger partial charge < -0.3 is 5.32 Å². The van der Waals surface area contributed by atoms with Gasteiger partial charge in [-0.2, -0.15) is 0 Å². The fourth-order valence-corrected chi connectivity index (χ4v) is 0.383. The highest BCUT2D eigenvalue weighted by atomic mass is 19.3. The molecule has 0 amide bonds. The third-order valence-corrected chi connectivity index (χ3v) is 0.821. The van der Waals surface area contributed by atoms with Crippen LogP contribution in [0.2, 0.25) is 0 Å². The zero-order valence-electron chi connectivity index (χ0n) is 6.04. The summed E-state index contributed by atoms with van der Waals surface area (Å²) in [5.41, 5.74) is 0. The first-order chi connectivity index (χ1) is 3.92. The molecule has 9 heavy (non-hydrogen) atoms. The summed E-state index contributed by atoms with van der Waals surface area (Å²) in [6, 6.07) is 0.135.